The van der Waals surface area contributed by atoms with Crippen molar-refractivity contribution in [3.63, 3.8) is 0 Å². The Morgan fingerprint density at radius 2 is 2.28 bits per heavy atom. The van der Waals surface area contributed by atoms with Gasteiger partial charge in [-0.1, -0.05) is 0 Å². The Labute approximate surface area is 114 Å². The van der Waals surface area contributed by atoms with Crippen molar-refractivity contribution in [3.8, 4) is 0 Å². The summed E-state index contributed by atoms with van der Waals surface area (Å²) in [5, 5.41) is 4.42. The highest BCUT2D eigenvalue weighted by atomic mass is 32.2. The molecule has 3 rings (SSSR count). The van der Waals surface area contributed by atoms with E-state index in [9.17, 15) is 0 Å². The molecule has 4 atom stereocenters. The standard InChI is InChI=1S/C14H25NO2S/c1-15-13(12-3-2-8-18-12)11-4-6-17-14(9-11)5-7-16-10-14/h11-13,15H,2-10H2,1H3. The molecule has 4 unspecified atom stereocenters. The lowest BCUT2D eigenvalue weighted by Gasteiger charge is -2.41. The topological polar surface area (TPSA) is 30.5 Å². The van der Waals surface area contributed by atoms with Crippen LogP contribution in [0.15, 0.2) is 0 Å². The van der Waals surface area contributed by atoms with Crippen molar-refractivity contribution in [1.29, 1.82) is 0 Å². The molecule has 0 aromatic rings. The van der Waals surface area contributed by atoms with E-state index in [0.717, 1.165) is 37.4 Å². The number of nitrogens with one attached hydrogen (secondary N) is 1. The summed E-state index contributed by atoms with van der Waals surface area (Å²) >= 11 is 2.17. The maximum absolute atomic E-state index is 6.05. The maximum atomic E-state index is 6.05. The number of hydrogen-bond acceptors (Lipinski definition) is 4. The van der Waals surface area contributed by atoms with Crippen LogP contribution < -0.4 is 5.32 Å². The second-order valence-electron chi connectivity index (χ2n) is 5.95. The first kappa shape index (κ1) is 13.2. The van der Waals surface area contributed by atoms with Crippen molar-refractivity contribution >= 4 is 11.8 Å². The van der Waals surface area contributed by atoms with Crippen molar-refractivity contribution < 1.29 is 9.47 Å². The van der Waals surface area contributed by atoms with Crippen LogP contribution in [-0.2, 0) is 9.47 Å². The highest BCUT2D eigenvalue weighted by Gasteiger charge is 2.44. The van der Waals surface area contributed by atoms with Crippen LogP contribution in [0.4, 0.5) is 0 Å². The Morgan fingerprint density at radius 1 is 1.33 bits per heavy atom. The Bertz CT molecular complexity index is 275. The monoisotopic (exact) mass is 271 g/mol. The lowest BCUT2D eigenvalue weighted by Crippen LogP contribution is -2.49. The van der Waals surface area contributed by atoms with Gasteiger partial charge in [0, 0.05) is 30.9 Å². The van der Waals surface area contributed by atoms with Gasteiger partial charge in [-0.15, -0.1) is 0 Å². The predicted molar refractivity (Wildman–Crippen MR) is 75.2 cm³/mol. The van der Waals surface area contributed by atoms with Crippen LogP contribution in [-0.4, -0.2) is 49.5 Å². The Balaban J connectivity index is 1.66. The van der Waals surface area contributed by atoms with Crippen LogP contribution in [0.25, 0.3) is 0 Å². The summed E-state index contributed by atoms with van der Waals surface area (Å²) in [5.41, 5.74) is 0.0568. The molecule has 0 saturated carbocycles. The zero-order valence-corrected chi connectivity index (χ0v) is 12.1. The second kappa shape index (κ2) is 5.70. The fourth-order valence-corrected chi connectivity index (χ4v) is 5.38. The summed E-state index contributed by atoms with van der Waals surface area (Å²) in [4.78, 5) is 0. The predicted octanol–water partition coefficient (Wildman–Crippen LogP) is 2.06. The fourth-order valence-electron chi connectivity index (χ4n) is 3.85. The highest BCUT2D eigenvalue weighted by molar-refractivity contribution is 8.00. The molecule has 104 valence electrons. The smallest absolute Gasteiger partial charge is 0.0939 e. The minimum absolute atomic E-state index is 0.0568. The molecule has 1 N–H and O–H groups in total. The highest BCUT2D eigenvalue weighted by Crippen LogP contribution is 2.41. The van der Waals surface area contributed by atoms with Crippen LogP contribution in [0.2, 0.25) is 0 Å². The Kier molecular flexibility index (Phi) is 4.18. The van der Waals surface area contributed by atoms with Crippen molar-refractivity contribution in [3.05, 3.63) is 0 Å². The first-order valence-corrected chi connectivity index (χ1v) is 8.38. The summed E-state index contributed by atoms with van der Waals surface area (Å²) in [7, 11) is 2.14. The average molecular weight is 271 g/mol. The molecule has 3 heterocycles. The largest absolute Gasteiger partial charge is 0.378 e. The summed E-state index contributed by atoms with van der Waals surface area (Å²) in [5.74, 6) is 2.11. The third-order valence-corrected chi connectivity index (χ3v) is 6.29. The van der Waals surface area contributed by atoms with Gasteiger partial charge in [-0.2, -0.15) is 11.8 Å². The van der Waals surface area contributed by atoms with E-state index in [4.69, 9.17) is 9.47 Å². The van der Waals surface area contributed by atoms with Crippen molar-refractivity contribution in [2.24, 2.45) is 5.92 Å². The molecular weight excluding hydrogens is 246 g/mol. The van der Waals surface area contributed by atoms with Crippen LogP contribution in [0.3, 0.4) is 0 Å². The third kappa shape index (κ3) is 2.58. The Hall–Kier alpha value is 0.230. The lowest BCUT2D eigenvalue weighted by molar-refractivity contribution is -0.102. The van der Waals surface area contributed by atoms with Gasteiger partial charge in [0.05, 0.1) is 12.2 Å². The normalized spacial score (nSPS) is 42.5. The van der Waals surface area contributed by atoms with E-state index >= 15 is 0 Å². The number of thioether (sulfide) groups is 1. The minimum atomic E-state index is 0.0568. The molecule has 0 aromatic carbocycles. The van der Waals surface area contributed by atoms with Gasteiger partial charge in [-0.25, -0.2) is 0 Å². The molecule has 0 bridgehead atoms. The first-order chi connectivity index (χ1) is 8.83. The minimum Gasteiger partial charge on any atom is -0.378 e. The number of rotatable bonds is 3. The summed E-state index contributed by atoms with van der Waals surface area (Å²) in [6.07, 6.45) is 6.28. The van der Waals surface area contributed by atoms with Gasteiger partial charge in [-0.05, 0) is 44.4 Å². The molecular formula is C14H25NO2S. The van der Waals surface area contributed by atoms with Gasteiger partial charge in [0.15, 0.2) is 0 Å². The van der Waals surface area contributed by atoms with Gasteiger partial charge >= 0.3 is 0 Å². The van der Waals surface area contributed by atoms with Crippen LogP contribution in [0.1, 0.15) is 32.1 Å². The Morgan fingerprint density at radius 3 is 2.94 bits per heavy atom. The van der Waals surface area contributed by atoms with Gasteiger partial charge in [-0.3, -0.25) is 0 Å². The van der Waals surface area contributed by atoms with E-state index in [0.29, 0.717) is 6.04 Å². The zero-order chi connectivity index (χ0) is 12.4. The second-order valence-corrected chi connectivity index (χ2v) is 7.30. The molecule has 18 heavy (non-hydrogen) atoms. The summed E-state index contributed by atoms with van der Waals surface area (Å²) < 4.78 is 11.6. The number of ether oxygens (including phenoxy) is 2. The van der Waals surface area contributed by atoms with Crippen LogP contribution >= 0.6 is 11.8 Å². The van der Waals surface area contributed by atoms with E-state index in [1.807, 2.05) is 0 Å². The SMILES string of the molecule is CNC(C1CCOC2(CCOC2)C1)C1CCCS1. The molecule has 3 nitrogen and oxygen atoms in total. The fraction of sp³-hybridized carbons (Fsp3) is 1.00. The van der Waals surface area contributed by atoms with Crippen molar-refractivity contribution in [2.45, 2.75) is 49.0 Å². The van der Waals surface area contributed by atoms with Crippen molar-refractivity contribution in [1.82, 2.24) is 5.32 Å². The molecule has 3 fully saturated rings. The van der Waals surface area contributed by atoms with Gasteiger partial charge in [0.1, 0.15) is 0 Å². The van der Waals surface area contributed by atoms with E-state index in [1.165, 1.54) is 31.4 Å². The molecule has 0 aliphatic carbocycles. The van der Waals surface area contributed by atoms with Crippen molar-refractivity contribution in [2.75, 3.05) is 32.6 Å². The third-order valence-electron chi connectivity index (χ3n) is 4.80. The lowest BCUT2D eigenvalue weighted by atomic mass is 9.79. The maximum Gasteiger partial charge on any atom is 0.0939 e. The summed E-state index contributed by atoms with van der Waals surface area (Å²) in [6.45, 7) is 2.62. The molecule has 0 aromatic heterocycles. The van der Waals surface area contributed by atoms with E-state index in [-0.39, 0.29) is 5.60 Å². The van der Waals surface area contributed by atoms with Gasteiger partial charge in [0.2, 0.25) is 0 Å². The molecule has 3 aliphatic heterocycles. The summed E-state index contributed by atoms with van der Waals surface area (Å²) in [6, 6.07) is 0.666. The van der Waals surface area contributed by atoms with Gasteiger partial charge in [0.25, 0.3) is 0 Å². The first-order valence-electron chi connectivity index (χ1n) is 7.34. The molecule has 3 aliphatic rings. The molecule has 4 heteroatoms. The van der Waals surface area contributed by atoms with E-state index in [2.05, 4.69) is 24.1 Å². The average Bonchev–Trinajstić information content (AvgIpc) is 3.03. The molecule has 3 saturated heterocycles. The zero-order valence-electron chi connectivity index (χ0n) is 11.3. The van der Waals surface area contributed by atoms with E-state index < -0.39 is 0 Å². The molecule has 1 spiro atoms. The van der Waals surface area contributed by atoms with Crippen LogP contribution in [0.5, 0.6) is 0 Å². The van der Waals surface area contributed by atoms with Gasteiger partial charge < -0.3 is 14.8 Å². The molecule has 0 radical (unpaired) electrons. The van der Waals surface area contributed by atoms with Crippen LogP contribution in [0, 0.1) is 5.92 Å². The quantitative estimate of drug-likeness (QED) is 0.851. The number of hydrogen-bond donors (Lipinski definition) is 1. The molecule has 0 amide bonds. The van der Waals surface area contributed by atoms with E-state index in [1.54, 1.807) is 0 Å².